The summed E-state index contributed by atoms with van der Waals surface area (Å²) in [5.41, 5.74) is 1.75. The Bertz CT molecular complexity index is 1110. The van der Waals surface area contributed by atoms with E-state index in [0.717, 1.165) is 5.56 Å². The summed E-state index contributed by atoms with van der Waals surface area (Å²) in [6.45, 7) is 0. The van der Waals surface area contributed by atoms with E-state index in [0.29, 0.717) is 10.8 Å². The van der Waals surface area contributed by atoms with Crippen LogP contribution < -0.4 is 5.32 Å². The maximum atomic E-state index is 12.4. The summed E-state index contributed by atoms with van der Waals surface area (Å²) in [7, 11) is 0. The molecule has 0 saturated heterocycles. The van der Waals surface area contributed by atoms with Crippen LogP contribution in [-0.4, -0.2) is 33.7 Å². The van der Waals surface area contributed by atoms with Crippen molar-refractivity contribution in [3.63, 3.8) is 0 Å². The van der Waals surface area contributed by atoms with Crippen molar-refractivity contribution in [3.05, 3.63) is 95.3 Å². The third-order valence-electron chi connectivity index (χ3n) is 4.42. The Morgan fingerprint density at radius 2 is 1.57 bits per heavy atom. The molecule has 8 nitrogen and oxygen atoms in total. The number of hydrogen-bond acceptors (Lipinski definition) is 6. The number of hydrogen-bond donors (Lipinski definition) is 1. The molecule has 30 heavy (non-hydrogen) atoms. The molecule has 0 fully saturated rings. The van der Waals surface area contributed by atoms with Crippen LogP contribution in [0.1, 0.15) is 36.6 Å². The van der Waals surface area contributed by atoms with Gasteiger partial charge in [-0.3, -0.25) is 19.4 Å². The van der Waals surface area contributed by atoms with Crippen molar-refractivity contribution in [1.29, 1.82) is 0 Å². The number of rotatable bonds is 5. The number of fused-ring (bicyclic) bond motifs is 1. The highest BCUT2D eigenvalue weighted by Crippen LogP contribution is 2.23. The average Bonchev–Trinajstić information content (AvgIpc) is 3.00. The molecule has 4 rings (SSSR count). The number of nitrogens with one attached hydrogen (secondary N) is 1. The van der Waals surface area contributed by atoms with E-state index in [1.54, 1.807) is 36.7 Å². The number of nitrogens with zero attached hydrogens (tertiary/aromatic N) is 2. The minimum atomic E-state index is -0.863. The summed E-state index contributed by atoms with van der Waals surface area (Å²) >= 11 is 0. The lowest BCUT2D eigenvalue weighted by Crippen LogP contribution is -2.32. The van der Waals surface area contributed by atoms with Gasteiger partial charge in [-0.2, -0.15) is 0 Å². The molecule has 148 valence electrons. The molecule has 1 N–H and O–H groups in total. The largest absolute Gasteiger partial charge is 0.363 e. The minimum absolute atomic E-state index is 0.122. The van der Waals surface area contributed by atoms with Crippen LogP contribution >= 0.6 is 0 Å². The predicted octanol–water partition coefficient (Wildman–Crippen LogP) is 2.63. The van der Waals surface area contributed by atoms with Crippen LogP contribution in [0.2, 0.25) is 0 Å². The van der Waals surface area contributed by atoms with E-state index >= 15 is 0 Å². The van der Waals surface area contributed by atoms with Crippen molar-refractivity contribution in [3.8, 4) is 0 Å². The summed E-state index contributed by atoms with van der Waals surface area (Å²) < 4.78 is 0. The van der Waals surface area contributed by atoms with E-state index in [9.17, 15) is 19.2 Å². The van der Waals surface area contributed by atoms with Gasteiger partial charge in [-0.15, -0.1) is 0 Å². The third-order valence-corrected chi connectivity index (χ3v) is 4.42. The number of pyridine rings is 1. The lowest BCUT2D eigenvalue weighted by molar-refractivity contribution is -0.115. The number of hydroxylamine groups is 2. The number of aromatic nitrogens is 1. The number of carbonyl (C=O) groups is 4. The SMILES string of the molecule is O=C(Cc1cccnc1)Nc1ccc(C(=O)ON2C(=O)c3ccccc3C2=O)cc1. The predicted molar refractivity (Wildman–Crippen MR) is 105 cm³/mol. The standard InChI is InChI=1S/C22H15N3O5/c26-19(12-14-4-3-11-23-13-14)24-16-9-7-15(8-10-16)22(29)30-25-20(27)17-5-1-2-6-18(17)21(25)28/h1-11,13H,12H2,(H,24,26). The minimum Gasteiger partial charge on any atom is -0.326 e. The first-order valence-corrected chi connectivity index (χ1v) is 9.02. The molecule has 3 aromatic rings. The van der Waals surface area contributed by atoms with Gasteiger partial charge < -0.3 is 10.2 Å². The van der Waals surface area contributed by atoms with Gasteiger partial charge in [0.05, 0.1) is 23.1 Å². The zero-order valence-corrected chi connectivity index (χ0v) is 15.6. The van der Waals surface area contributed by atoms with Crippen LogP contribution in [0.3, 0.4) is 0 Å². The number of carbonyl (C=O) groups excluding carboxylic acids is 4. The van der Waals surface area contributed by atoms with Gasteiger partial charge in [-0.1, -0.05) is 23.3 Å². The lowest BCUT2D eigenvalue weighted by atomic mass is 10.1. The second-order valence-electron chi connectivity index (χ2n) is 6.49. The second-order valence-corrected chi connectivity index (χ2v) is 6.49. The van der Waals surface area contributed by atoms with Crippen LogP contribution in [0.15, 0.2) is 73.1 Å². The zero-order valence-electron chi connectivity index (χ0n) is 15.6. The Kier molecular flexibility index (Phi) is 5.04. The van der Waals surface area contributed by atoms with E-state index in [1.165, 1.54) is 36.4 Å². The Hall–Kier alpha value is -4.33. The van der Waals surface area contributed by atoms with Crippen LogP contribution in [-0.2, 0) is 16.1 Å². The molecule has 0 aliphatic carbocycles. The van der Waals surface area contributed by atoms with Crippen molar-refractivity contribution in [1.82, 2.24) is 10.0 Å². The maximum Gasteiger partial charge on any atom is 0.363 e. The fourth-order valence-corrected chi connectivity index (χ4v) is 2.97. The summed E-state index contributed by atoms with van der Waals surface area (Å²) in [5.74, 6) is -2.48. The Balaban J connectivity index is 1.38. The van der Waals surface area contributed by atoms with Gasteiger partial charge in [-0.25, -0.2) is 4.79 Å². The van der Waals surface area contributed by atoms with E-state index < -0.39 is 17.8 Å². The normalized spacial score (nSPS) is 12.5. The van der Waals surface area contributed by atoms with E-state index in [-0.39, 0.29) is 29.0 Å². The van der Waals surface area contributed by atoms with Crippen LogP contribution in [0.5, 0.6) is 0 Å². The summed E-state index contributed by atoms with van der Waals surface area (Å²) in [6, 6.07) is 15.7. The fraction of sp³-hybridized carbons (Fsp3) is 0.0455. The van der Waals surface area contributed by atoms with E-state index in [1.807, 2.05) is 0 Å². The van der Waals surface area contributed by atoms with Crippen molar-refractivity contribution in [2.24, 2.45) is 0 Å². The van der Waals surface area contributed by atoms with E-state index in [2.05, 4.69) is 10.3 Å². The lowest BCUT2D eigenvalue weighted by Gasteiger charge is -2.13. The first-order chi connectivity index (χ1) is 14.5. The van der Waals surface area contributed by atoms with Crippen molar-refractivity contribution >= 4 is 29.4 Å². The third kappa shape index (κ3) is 3.79. The van der Waals surface area contributed by atoms with E-state index in [4.69, 9.17) is 4.84 Å². The summed E-state index contributed by atoms with van der Waals surface area (Å²) in [4.78, 5) is 58.0. The maximum absolute atomic E-state index is 12.4. The number of benzene rings is 2. The molecule has 2 aromatic carbocycles. The molecule has 3 amide bonds. The highest BCUT2D eigenvalue weighted by atomic mass is 16.7. The highest BCUT2D eigenvalue weighted by Gasteiger charge is 2.38. The Morgan fingerprint density at radius 1 is 0.900 bits per heavy atom. The molecule has 8 heteroatoms. The van der Waals surface area contributed by atoms with Gasteiger partial charge in [0.1, 0.15) is 0 Å². The molecule has 0 saturated carbocycles. The molecule has 1 aliphatic heterocycles. The molecule has 0 unspecified atom stereocenters. The smallest absolute Gasteiger partial charge is 0.326 e. The molecule has 1 aromatic heterocycles. The monoisotopic (exact) mass is 401 g/mol. The first kappa shape index (κ1) is 19.0. The summed E-state index contributed by atoms with van der Waals surface area (Å²) in [5, 5.41) is 3.17. The second kappa shape index (κ2) is 7.96. The Morgan fingerprint density at radius 3 is 2.17 bits per heavy atom. The quantitative estimate of drug-likeness (QED) is 0.659. The number of amides is 3. The molecule has 0 radical (unpaired) electrons. The van der Waals surface area contributed by atoms with Crippen molar-refractivity contribution in [2.75, 3.05) is 5.32 Å². The molecule has 1 aliphatic rings. The molecule has 2 heterocycles. The molecule has 0 bridgehead atoms. The van der Waals surface area contributed by atoms with Gasteiger partial charge in [0.15, 0.2) is 0 Å². The van der Waals surface area contributed by atoms with Gasteiger partial charge in [0, 0.05) is 18.1 Å². The van der Waals surface area contributed by atoms with Gasteiger partial charge >= 0.3 is 5.97 Å². The van der Waals surface area contributed by atoms with Crippen LogP contribution in [0.25, 0.3) is 0 Å². The zero-order chi connectivity index (χ0) is 21.1. The molecular formula is C22H15N3O5. The van der Waals surface area contributed by atoms with Crippen LogP contribution in [0, 0.1) is 0 Å². The fourth-order valence-electron chi connectivity index (χ4n) is 2.97. The first-order valence-electron chi connectivity index (χ1n) is 9.02. The topological polar surface area (TPSA) is 106 Å². The van der Waals surface area contributed by atoms with Crippen LogP contribution in [0.4, 0.5) is 5.69 Å². The van der Waals surface area contributed by atoms with Crippen molar-refractivity contribution < 1.29 is 24.0 Å². The molecule has 0 atom stereocenters. The highest BCUT2D eigenvalue weighted by molar-refractivity contribution is 6.21. The molecular weight excluding hydrogens is 386 g/mol. The van der Waals surface area contributed by atoms with Gasteiger partial charge in [0.2, 0.25) is 5.91 Å². The number of imide groups is 1. The number of anilines is 1. The average molecular weight is 401 g/mol. The van der Waals surface area contributed by atoms with Gasteiger partial charge in [0.25, 0.3) is 11.8 Å². The summed E-state index contributed by atoms with van der Waals surface area (Å²) in [6.07, 6.45) is 3.40. The molecule has 0 spiro atoms. The van der Waals surface area contributed by atoms with Gasteiger partial charge in [-0.05, 0) is 48.0 Å². The van der Waals surface area contributed by atoms with Crippen molar-refractivity contribution in [2.45, 2.75) is 6.42 Å². The Labute approximate surface area is 171 Å².